The number of fused-ring (bicyclic) bond motifs is 1. The van der Waals surface area contributed by atoms with E-state index < -0.39 is 0 Å². The Hall–Kier alpha value is -1.48. The Labute approximate surface area is 128 Å². The molecule has 1 aromatic carbocycles. The highest BCUT2D eigenvalue weighted by atomic mass is 16.5. The fourth-order valence-corrected chi connectivity index (χ4v) is 2.64. The average Bonchev–Trinajstić information content (AvgIpc) is 2.80. The van der Waals surface area contributed by atoms with Crippen LogP contribution < -0.4 is 14.8 Å². The predicted molar refractivity (Wildman–Crippen MR) is 88.1 cm³/mol. The zero-order valence-corrected chi connectivity index (χ0v) is 13.8. The second kappa shape index (κ2) is 6.99. The van der Waals surface area contributed by atoms with E-state index in [-0.39, 0.29) is 6.10 Å². The van der Waals surface area contributed by atoms with Gasteiger partial charge in [0.2, 0.25) is 0 Å². The van der Waals surface area contributed by atoms with Crippen molar-refractivity contribution in [3.63, 3.8) is 0 Å². The van der Waals surface area contributed by atoms with Gasteiger partial charge >= 0.3 is 0 Å². The Morgan fingerprint density at radius 2 is 2.24 bits per heavy atom. The average molecular weight is 289 g/mol. The van der Waals surface area contributed by atoms with Gasteiger partial charge in [0.25, 0.3) is 0 Å². The predicted octanol–water partition coefficient (Wildman–Crippen LogP) is 3.67. The molecule has 1 heterocycles. The van der Waals surface area contributed by atoms with Gasteiger partial charge in [0.05, 0.1) is 7.11 Å². The smallest absolute Gasteiger partial charge is 0.126 e. The van der Waals surface area contributed by atoms with E-state index in [0.717, 1.165) is 36.6 Å². The minimum atomic E-state index is 0.260. The minimum Gasteiger partial charge on any atom is -0.496 e. The van der Waals surface area contributed by atoms with Crippen LogP contribution in [0.4, 0.5) is 0 Å². The lowest BCUT2D eigenvalue weighted by molar-refractivity contribution is 0.254. The summed E-state index contributed by atoms with van der Waals surface area (Å²) in [6, 6.07) is 4.24. The molecule has 0 amide bonds. The fourth-order valence-electron chi connectivity index (χ4n) is 2.64. The first-order valence-corrected chi connectivity index (χ1v) is 7.83. The molecule has 2 rings (SSSR count). The molecule has 3 heteroatoms. The number of hydrogen-bond acceptors (Lipinski definition) is 3. The van der Waals surface area contributed by atoms with Gasteiger partial charge in [0.15, 0.2) is 0 Å². The second-order valence-electron chi connectivity index (χ2n) is 5.99. The first-order chi connectivity index (χ1) is 10.0. The quantitative estimate of drug-likeness (QED) is 0.867. The Morgan fingerprint density at radius 3 is 2.86 bits per heavy atom. The van der Waals surface area contributed by atoms with Crippen LogP contribution in [0, 0.1) is 5.92 Å². The van der Waals surface area contributed by atoms with Crippen molar-refractivity contribution in [3.8, 4) is 11.5 Å². The standard InChI is InChI=1S/C18H27NO2/c1-6-19-11-16(12(2)3)8-15-10-18-14(7-13(4)21-18)9-17(15)20-5/h8-10,12-13,19H,6-7,11H2,1-5H3/b16-8-. The number of ether oxygens (including phenoxy) is 2. The van der Waals surface area contributed by atoms with Gasteiger partial charge in [0, 0.05) is 24.1 Å². The number of hydrogen-bond donors (Lipinski definition) is 1. The second-order valence-corrected chi connectivity index (χ2v) is 5.99. The Kier molecular flexibility index (Phi) is 5.29. The van der Waals surface area contributed by atoms with E-state index in [1.54, 1.807) is 7.11 Å². The maximum atomic E-state index is 5.87. The van der Waals surface area contributed by atoms with Crippen LogP contribution in [0.25, 0.3) is 6.08 Å². The molecule has 0 saturated carbocycles. The summed E-state index contributed by atoms with van der Waals surface area (Å²) in [5.41, 5.74) is 3.72. The van der Waals surface area contributed by atoms with Crippen LogP contribution in [-0.4, -0.2) is 26.3 Å². The van der Waals surface area contributed by atoms with Crippen molar-refractivity contribution < 1.29 is 9.47 Å². The highest BCUT2D eigenvalue weighted by molar-refractivity contribution is 5.64. The molecule has 1 unspecified atom stereocenters. The lowest BCUT2D eigenvalue weighted by Gasteiger charge is -2.14. The van der Waals surface area contributed by atoms with E-state index in [1.807, 2.05) is 0 Å². The van der Waals surface area contributed by atoms with E-state index in [2.05, 4.69) is 51.2 Å². The van der Waals surface area contributed by atoms with Gasteiger partial charge in [-0.3, -0.25) is 0 Å². The molecule has 116 valence electrons. The molecular weight excluding hydrogens is 262 g/mol. The van der Waals surface area contributed by atoms with Gasteiger partial charge in [-0.1, -0.05) is 32.4 Å². The molecule has 0 radical (unpaired) electrons. The normalized spacial score (nSPS) is 17.8. The molecule has 0 fully saturated rings. The molecule has 0 aliphatic carbocycles. The van der Waals surface area contributed by atoms with E-state index in [9.17, 15) is 0 Å². The van der Waals surface area contributed by atoms with Gasteiger partial charge in [0.1, 0.15) is 17.6 Å². The topological polar surface area (TPSA) is 30.5 Å². The van der Waals surface area contributed by atoms with Crippen molar-refractivity contribution in [1.82, 2.24) is 5.32 Å². The van der Waals surface area contributed by atoms with Crippen molar-refractivity contribution in [2.45, 2.75) is 40.2 Å². The van der Waals surface area contributed by atoms with Gasteiger partial charge in [-0.15, -0.1) is 0 Å². The van der Waals surface area contributed by atoms with E-state index in [4.69, 9.17) is 9.47 Å². The highest BCUT2D eigenvalue weighted by Gasteiger charge is 2.21. The Morgan fingerprint density at radius 1 is 1.48 bits per heavy atom. The summed E-state index contributed by atoms with van der Waals surface area (Å²) in [4.78, 5) is 0. The van der Waals surface area contributed by atoms with Gasteiger partial charge < -0.3 is 14.8 Å². The summed E-state index contributed by atoms with van der Waals surface area (Å²) in [7, 11) is 1.73. The molecule has 0 saturated heterocycles. The number of rotatable bonds is 6. The molecule has 3 nitrogen and oxygen atoms in total. The summed E-state index contributed by atoms with van der Waals surface area (Å²) >= 11 is 0. The first-order valence-electron chi connectivity index (χ1n) is 7.83. The van der Waals surface area contributed by atoms with Crippen molar-refractivity contribution in [3.05, 3.63) is 28.8 Å². The highest BCUT2D eigenvalue weighted by Crippen LogP contribution is 2.36. The molecule has 1 atom stereocenters. The van der Waals surface area contributed by atoms with Crippen molar-refractivity contribution in [2.75, 3.05) is 20.2 Å². The summed E-state index contributed by atoms with van der Waals surface area (Å²) in [5, 5.41) is 3.41. The maximum Gasteiger partial charge on any atom is 0.126 e. The first kappa shape index (κ1) is 15.9. The van der Waals surface area contributed by atoms with Crippen LogP contribution in [0.5, 0.6) is 11.5 Å². The third kappa shape index (κ3) is 3.79. The van der Waals surface area contributed by atoms with Crippen molar-refractivity contribution in [2.24, 2.45) is 5.92 Å². The van der Waals surface area contributed by atoms with Crippen LogP contribution in [0.2, 0.25) is 0 Å². The molecule has 0 bridgehead atoms. The molecule has 1 aromatic rings. The van der Waals surface area contributed by atoms with E-state index in [1.165, 1.54) is 11.1 Å². The number of likely N-dealkylation sites (N-methyl/N-ethyl adjacent to an activating group) is 1. The largest absolute Gasteiger partial charge is 0.496 e. The third-order valence-corrected chi connectivity index (χ3v) is 3.91. The lowest BCUT2D eigenvalue weighted by Crippen LogP contribution is -2.18. The van der Waals surface area contributed by atoms with Crippen LogP contribution in [-0.2, 0) is 6.42 Å². The van der Waals surface area contributed by atoms with Crippen LogP contribution in [0.3, 0.4) is 0 Å². The van der Waals surface area contributed by atoms with Crippen LogP contribution in [0.1, 0.15) is 38.8 Å². The summed E-state index contributed by atoms with van der Waals surface area (Å²) in [6.45, 7) is 10.6. The molecule has 0 aromatic heterocycles. The zero-order valence-electron chi connectivity index (χ0n) is 13.8. The van der Waals surface area contributed by atoms with E-state index in [0.29, 0.717) is 5.92 Å². The van der Waals surface area contributed by atoms with Gasteiger partial charge in [-0.05, 0) is 31.5 Å². The number of benzene rings is 1. The molecule has 0 spiro atoms. The van der Waals surface area contributed by atoms with Crippen LogP contribution >= 0.6 is 0 Å². The monoisotopic (exact) mass is 289 g/mol. The summed E-state index contributed by atoms with van der Waals surface area (Å²) in [5.74, 6) is 2.43. The number of methoxy groups -OCH3 is 1. The lowest BCUT2D eigenvalue weighted by atomic mass is 9.98. The van der Waals surface area contributed by atoms with Crippen LogP contribution in [0.15, 0.2) is 17.7 Å². The van der Waals surface area contributed by atoms with Gasteiger partial charge in [-0.25, -0.2) is 0 Å². The molecule has 21 heavy (non-hydrogen) atoms. The van der Waals surface area contributed by atoms with Crippen molar-refractivity contribution >= 4 is 6.08 Å². The number of nitrogens with one attached hydrogen (secondary N) is 1. The molecular formula is C18H27NO2. The summed E-state index contributed by atoms with van der Waals surface area (Å²) < 4.78 is 11.4. The minimum absolute atomic E-state index is 0.260. The Bertz CT molecular complexity index is 520. The summed E-state index contributed by atoms with van der Waals surface area (Å²) in [6.07, 6.45) is 3.46. The third-order valence-electron chi connectivity index (χ3n) is 3.91. The fraction of sp³-hybridized carbons (Fsp3) is 0.556. The SMILES string of the molecule is CCNC/C(=C/c1cc2c(cc1OC)CC(C)O2)C(C)C. The molecule has 1 N–H and O–H groups in total. The Balaban J connectivity index is 2.35. The maximum absolute atomic E-state index is 5.87. The molecule has 1 aliphatic heterocycles. The molecule has 1 aliphatic rings. The zero-order chi connectivity index (χ0) is 15.4. The van der Waals surface area contributed by atoms with E-state index >= 15 is 0 Å². The van der Waals surface area contributed by atoms with Crippen molar-refractivity contribution in [1.29, 1.82) is 0 Å². The van der Waals surface area contributed by atoms with Gasteiger partial charge in [-0.2, -0.15) is 0 Å².